The Balaban J connectivity index is 1.37. The van der Waals surface area contributed by atoms with Crippen molar-refractivity contribution in [2.24, 2.45) is 0 Å². The summed E-state index contributed by atoms with van der Waals surface area (Å²) in [6.07, 6.45) is 0. The quantitative estimate of drug-likeness (QED) is 0.702. The van der Waals surface area contributed by atoms with E-state index in [0.29, 0.717) is 29.9 Å². The van der Waals surface area contributed by atoms with Crippen LogP contribution in [-0.4, -0.2) is 22.9 Å². The summed E-state index contributed by atoms with van der Waals surface area (Å²) in [7, 11) is 0. The third-order valence-corrected chi connectivity index (χ3v) is 3.99. The molecule has 4 rings (SSSR count). The molecule has 0 radical (unpaired) electrons. The number of hydrogen-bond donors (Lipinski definition) is 2. The van der Waals surface area contributed by atoms with E-state index in [1.54, 1.807) is 6.07 Å². The molecule has 1 aliphatic heterocycles. The maximum atomic E-state index is 13.6. The average Bonchev–Trinajstić information content (AvgIpc) is 3.17. The van der Waals surface area contributed by atoms with Gasteiger partial charge in [0.05, 0.1) is 5.69 Å². The number of rotatable bonds is 5. The summed E-state index contributed by atoms with van der Waals surface area (Å²) < 4.78 is 37.1. The molecule has 0 saturated heterocycles. The number of carbonyl (C=O) groups excluding carboxylic acids is 1. The maximum Gasteiger partial charge on any atom is 0.276 e. The molecule has 3 aromatic rings. The van der Waals surface area contributed by atoms with Crippen molar-refractivity contribution in [2.45, 2.75) is 6.54 Å². The van der Waals surface area contributed by atoms with E-state index in [1.807, 2.05) is 18.2 Å². The predicted octanol–water partition coefficient (Wildman–Crippen LogP) is 3.35. The number of nitrogens with zero attached hydrogens (tertiary/aromatic N) is 2. The van der Waals surface area contributed by atoms with Crippen molar-refractivity contribution in [1.29, 1.82) is 0 Å². The van der Waals surface area contributed by atoms with Crippen LogP contribution in [0, 0.1) is 11.6 Å². The fraction of sp³-hybridized carbons (Fsp3) is 0.105. The molecule has 7 nitrogen and oxygen atoms in total. The third kappa shape index (κ3) is 3.83. The Morgan fingerprint density at radius 1 is 1.00 bits per heavy atom. The number of fused-ring (bicyclic) bond motifs is 1. The van der Waals surface area contributed by atoms with Crippen LogP contribution in [0.15, 0.2) is 48.5 Å². The van der Waals surface area contributed by atoms with Crippen LogP contribution in [0.5, 0.6) is 11.5 Å². The Bertz CT molecular complexity index is 1030. The van der Waals surface area contributed by atoms with Crippen LogP contribution in [0.4, 0.5) is 20.3 Å². The molecule has 1 aliphatic rings. The Labute approximate surface area is 158 Å². The maximum absolute atomic E-state index is 13.6. The van der Waals surface area contributed by atoms with Gasteiger partial charge in [0.1, 0.15) is 17.5 Å². The van der Waals surface area contributed by atoms with Gasteiger partial charge in [-0.15, -0.1) is 10.2 Å². The summed E-state index contributed by atoms with van der Waals surface area (Å²) in [5, 5.41) is 13.2. The minimum absolute atomic E-state index is 0.00245. The molecule has 9 heteroatoms. The first-order valence-electron chi connectivity index (χ1n) is 8.31. The molecule has 1 amide bonds. The zero-order valence-electron chi connectivity index (χ0n) is 14.4. The van der Waals surface area contributed by atoms with E-state index in [2.05, 4.69) is 20.8 Å². The number of anilines is 2. The van der Waals surface area contributed by atoms with Gasteiger partial charge in [0.2, 0.25) is 6.79 Å². The first-order chi connectivity index (χ1) is 13.6. The lowest BCUT2D eigenvalue weighted by atomic mass is 10.2. The number of aromatic nitrogens is 2. The second-order valence-electron chi connectivity index (χ2n) is 5.92. The normalized spacial score (nSPS) is 11.9. The van der Waals surface area contributed by atoms with Crippen LogP contribution in [0.2, 0.25) is 0 Å². The molecule has 142 valence electrons. The number of nitrogens with one attached hydrogen (secondary N) is 2. The number of benzene rings is 2. The lowest BCUT2D eigenvalue weighted by molar-refractivity contribution is 0.102. The van der Waals surface area contributed by atoms with Crippen molar-refractivity contribution in [1.82, 2.24) is 10.2 Å². The fourth-order valence-corrected chi connectivity index (χ4v) is 2.57. The molecular formula is C19H14F2N4O3. The average molecular weight is 384 g/mol. The number of hydrogen-bond acceptors (Lipinski definition) is 6. The van der Waals surface area contributed by atoms with E-state index in [4.69, 9.17) is 9.47 Å². The lowest BCUT2D eigenvalue weighted by Gasteiger charge is -2.08. The fourth-order valence-electron chi connectivity index (χ4n) is 2.57. The molecule has 2 heterocycles. The summed E-state index contributed by atoms with van der Waals surface area (Å²) >= 11 is 0. The lowest BCUT2D eigenvalue weighted by Crippen LogP contribution is -2.15. The van der Waals surface area contributed by atoms with Gasteiger partial charge in [-0.1, -0.05) is 6.07 Å². The highest BCUT2D eigenvalue weighted by Crippen LogP contribution is 2.32. The van der Waals surface area contributed by atoms with E-state index in [1.165, 1.54) is 6.07 Å². The highest BCUT2D eigenvalue weighted by Gasteiger charge is 2.14. The Morgan fingerprint density at radius 2 is 1.86 bits per heavy atom. The topological polar surface area (TPSA) is 85.4 Å². The van der Waals surface area contributed by atoms with Crippen molar-refractivity contribution in [3.8, 4) is 11.5 Å². The standard InChI is InChI=1S/C19H14F2N4O3/c20-12-2-3-14(13(21)8-12)23-19(26)15-4-6-18(25-24-15)22-9-11-1-5-16-17(7-11)28-10-27-16/h1-8H,9-10H2,(H,22,25)(H,23,26). The Hall–Kier alpha value is -3.75. The number of carbonyl (C=O) groups is 1. The number of amides is 1. The van der Waals surface area contributed by atoms with Gasteiger partial charge in [-0.25, -0.2) is 8.78 Å². The van der Waals surface area contributed by atoms with Gasteiger partial charge < -0.3 is 20.1 Å². The summed E-state index contributed by atoms with van der Waals surface area (Å²) in [4.78, 5) is 12.1. The van der Waals surface area contributed by atoms with E-state index >= 15 is 0 Å². The van der Waals surface area contributed by atoms with Gasteiger partial charge >= 0.3 is 0 Å². The van der Waals surface area contributed by atoms with E-state index in [0.717, 1.165) is 17.7 Å². The smallest absolute Gasteiger partial charge is 0.276 e. The molecule has 0 saturated carbocycles. The molecule has 28 heavy (non-hydrogen) atoms. The van der Waals surface area contributed by atoms with Crippen LogP contribution in [0.3, 0.4) is 0 Å². The summed E-state index contributed by atoms with van der Waals surface area (Å²) in [5.74, 6) is -0.402. The molecule has 0 unspecified atom stereocenters. The summed E-state index contributed by atoms with van der Waals surface area (Å²) in [6.45, 7) is 0.681. The minimum atomic E-state index is -0.872. The van der Waals surface area contributed by atoms with Gasteiger partial charge in [-0.05, 0) is 42.0 Å². The Kier molecular flexibility index (Phi) is 4.71. The molecule has 0 aliphatic carbocycles. The monoisotopic (exact) mass is 384 g/mol. The highest BCUT2D eigenvalue weighted by atomic mass is 19.1. The van der Waals surface area contributed by atoms with E-state index in [9.17, 15) is 13.6 Å². The molecule has 0 bridgehead atoms. The van der Waals surface area contributed by atoms with Crippen LogP contribution in [0.25, 0.3) is 0 Å². The van der Waals surface area contributed by atoms with Crippen LogP contribution in [-0.2, 0) is 6.54 Å². The molecular weight excluding hydrogens is 370 g/mol. The van der Waals surface area contributed by atoms with E-state index < -0.39 is 17.5 Å². The minimum Gasteiger partial charge on any atom is -0.454 e. The van der Waals surface area contributed by atoms with Crippen LogP contribution < -0.4 is 20.1 Å². The van der Waals surface area contributed by atoms with Gasteiger partial charge in [0, 0.05) is 12.6 Å². The van der Waals surface area contributed by atoms with E-state index in [-0.39, 0.29) is 18.2 Å². The first kappa shape index (κ1) is 17.7. The first-order valence-corrected chi connectivity index (χ1v) is 8.31. The molecule has 1 aromatic heterocycles. The van der Waals surface area contributed by atoms with Gasteiger partial charge in [0.25, 0.3) is 5.91 Å². The number of halogens is 2. The van der Waals surface area contributed by atoms with Gasteiger partial charge in [-0.3, -0.25) is 4.79 Å². The molecule has 0 atom stereocenters. The summed E-state index contributed by atoms with van der Waals surface area (Å²) in [6, 6.07) is 11.5. The largest absolute Gasteiger partial charge is 0.454 e. The van der Waals surface area contributed by atoms with Gasteiger partial charge in [0.15, 0.2) is 17.2 Å². The molecule has 0 spiro atoms. The van der Waals surface area contributed by atoms with Crippen molar-refractivity contribution in [3.05, 3.63) is 71.4 Å². The molecule has 2 aromatic carbocycles. The SMILES string of the molecule is O=C(Nc1ccc(F)cc1F)c1ccc(NCc2ccc3c(c2)OCO3)nn1. The Morgan fingerprint density at radius 3 is 2.64 bits per heavy atom. The second kappa shape index (κ2) is 7.47. The van der Waals surface area contributed by atoms with Crippen molar-refractivity contribution in [2.75, 3.05) is 17.4 Å². The molecule has 0 fully saturated rings. The van der Waals surface area contributed by atoms with Crippen molar-refractivity contribution in [3.63, 3.8) is 0 Å². The van der Waals surface area contributed by atoms with Gasteiger partial charge in [-0.2, -0.15) is 0 Å². The van der Waals surface area contributed by atoms with Crippen molar-refractivity contribution >= 4 is 17.4 Å². The number of ether oxygens (including phenoxy) is 2. The molecule has 2 N–H and O–H groups in total. The zero-order chi connectivity index (χ0) is 19.5. The van der Waals surface area contributed by atoms with Crippen LogP contribution in [0.1, 0.15) is 16.1 Å². The predicted molar refractivity (Wildman–Crippen MR) is 96.2 cm³/mol. The highest BCUT2D eigenvalue weighted by molar-refractivity contribution is 6.02. The van der Waals surface area contributed by atoms with Crippen molar-refractivity contribution < 1.29 is 23.0 Å². The third-order valence-electron chi connectivity index (χ3n) is 3.99. The second-order valence-corrected chi connectivity index (χ2v) is 5.92. The summed E-state index contributed by atoms with van der Waals surface area (Å²) in [5.41, 5.74) is 0.815. The van der Waals surface area contributed by atoms with Crippen LogP contribution >= 0.6 is 0 Å². The zero-order valence-corrected chi connectivity index (χ0v) is 14.4.